The van der Waals surface area contributed by atoms with Gasteiger partial charge in [0, 0.05) is 22.6 Å². The minimum atomic E-state index is -0.508. The fraction of sp³-hybridized carbons (Fsp3) is 0.111. The van der Waals surface area contributed by atoms with Crippen molar-refractivity contribution in [1.82, 2.24) is 4.57 Å². The predicted molar refractivity (Wildman–Crippen MR) is 131 cm³/mol. The van der Waals surface area contributed by atoms with Crippen LogP contribution in [0.2, 0.25) is 0 Å². The molecule has 0 bridgehead atoms. The van der Waals surface area contributed by atoms with Crippen molar-refractivity contribution in [1.29, 1.82) is 0 Å². The Hall–Kier alpha value is -3.64. The summed E-state index contributed by atoms with van der Waals surface area (Å²) in [7, 11) is 0. The van der Waals surface area contributed by atoms with E-state index in [2.05, 4.69) is 22.0 Å². The van der Waals surface area contributed by atoms with Crippen molar-refractivity contribution in [3.05, 3.63) is 128 Å². The molecule has 3 aromatic rings. The summed E-state index contributed by atoms with van der Waals surface area (Å²) in [5.74, 6) is -0.0314. The maximum absolute atomic E-state index is 13.4. The minimum absolute atomic E-state index is 0.00987. The van der Waals surface area contributed by atoms with Crippen LogP contribution in [0.25, 0.3) is 10.9 Å². The number of fused-ring (bicyclic) bond motifs is 1. The van der Waals surface area contributed by atoms with Crippen molar-refractivity contribution in [2.75, 3.05) is 0 Å². The van der Waals surface area contributed by atoms with Crippen LogP contribution in [0, 0.1) is 0 Å². The van der Waals surface area contributed by atoms with Crippen LogP contribution in [0.4, 0.5) is 0 Å². The lowest BCUT2D eigenvalue weighted by Crippen LogP contribution is -2.22. The van der Waals surface area contributed by atoms with Gasteiger partial charge in [-0.15, -0.1) is 0 Å². The molecular formula is C27H20BrNO4. The SMILES string of the molecule is O=C(C1=COC=C(C2=CC=CCC2)O1)c1cn(Cc2cccc(Br)c2)c2ccccc2c1=O. The van der Waals surface area contributed by atoms with Crippen molar-refractivity contribution in [3.63, 3.8) is 0 Å². The van der Waals surface area contributed by atoms with Gasteiger partial charge in [-0.2, -0.15) is 0 Å². The summed E-state index contributed by atoms with van der Waals surface area (Å²) in [5.41, 5.74) is 2.45. The molecule has 0 unspecified atom stereocenters. The van der Waals surface area contributed by atoms with E-state index in [4.69, 9.17) is 9.47 Å². The average molecular weight is 502 g/mol. The van der Waals surface area contributed by atoms with E-state index in [0.29, 0.717) is 17.7 Å². The minimum Gasteiger partial charge on any atom is -0.465 e. The summed E-state index contributed by atoms with van der Waals surface area (Å²) in [4.78, 5) is 26.7. The molecule has 0 atom stereocenters. The molecule has 0 N–H and O–H groups in total. The van der Waals surface area contributed by atoms with E-state index in [1.807, 2.05) is 53.1 Å². The van der Waals surface area contributed by atoms with Crippen molar-refractivity contribution in [2.24, 2.45) is 0 Å². The number of carbonyl (C=O) groups is 1. The van der Waals surface area contributed by atoms with Gasteiger partial charge in [-0.3, -0.25) is 9.59 Å². The average Bonchev–Trinajstić information content (AvgIpc) is 2.86. The standard InChI is InChI=1S/C27H20BrNO4/c28-20-10-6-7-18(13-20)14-29-15-22(26(30)21-11-4-5-12-23(21)29)27(31)25-17-32-16-24(33-25)19-8-2-1-3-9-19/h1-2,4-8,10-13,15-17H,3,9,14H2. The molecular weight excluding hydrogens is 482 g/mol. The quantitative estimate of drug-likeness (QED) is 0.402. The first-order valence-corrected chi connectivity index (χ1v) is 11.4. The zero-order chi connectivity index (χ0) is 22.8. The summed E-state index contributed by atoms with van der Waals surface area (Å²) in [6.07, 6.45) is 12.0. The van der Waals surface area contributed by atoms with E-state index < -0.39 is 5.78 Å². The van der Waals surface area contributed by atoms with E-state index in [-0.39, 0.29) is 16.8 Å². The lowest BCUT2D eigenvalue weighted by molar-refractivity contribution is 0.0932. The Morgan fingerprint density at radius 1 is 1.09 bits per heavy atom. The Kier molecular flexibility index (Phi) is 5.84. The number of para-hydroxylation sites is 1. The van der Waals surface area contributed by atoms with Crippen molar-refractivity contribution < 1.29 is 14.3 Å². The van der Waals surface area contributed by atoms with Gasteiger partial charge in [0.05, 0.1) is 11.1 Å². The molecule has 0 saturated carbocycles. The maximum atomic E-state index is 13.4. The molecule has 0 fully saturated rings. The molecule has 0 radical (unpaired) electrons. The fourth-order valence-electron chi connectivity index (χ4n) is 3.98. The third-order valence-corrected chi connectivity index (χ3v) is 6.09. The van der Waals surface area contributed by atoms with Gasteiger partial charge in [0.15, 0.2) is 5.76 Å². The molecule has 0 saturated heterocycles. The van der Waals surface area contributed by atoms with Gasteiger partial charge in [0.2, 0.25) is 17.0 Å². The molecule has 2 heterocycles. The molecule has 1 aromatic heterocycles. The van der Waals surface area contributed by atoms with Gasteiger partial charge in [-0.25, -0.2) is 0 Å². The third kappa shape index (κ3) is 4.34. The molecule has 2 aliphatic rings. The number of nitrogens with zero attached hydrogens (tertiary/aromatic N) is 1. The number of pyridine rings is 1. The second kappa shape index (κ2) is 9.08. The molecule has 1 aliphatic carbocycles. The number of benzene rings is 2. The van der Waals surface area contributed by atoms with E-state index in [0.717, 1.165) is 34.0 Å². The maximum Gasteiger partial charge on any atom is 0.236 e. The first-order chi connectivity index (χ1) is 16.1. The molecule has 0 amide bonds. The lowest BCUT2D eigenvalue weighted by Gasteiger charge is -2.19. The zero-order valence-corrected chi connectivity index (χ0v) is 19.2. The van der Waals surface area contributed by atoms with Crippen molar-refractivity contribution in [3.8, 4) is 0 Å². The van der Waals surface area contributed by atoms with E-state index in [1.165, 1.54) is 12.5 Å². The number of ketones is 1. The van der Waals surface area contributed by atoms with Gasteiger partial charge in [-0.05, 0) is 48.2 Å². The number of rotatable bonds is 5. The fourth-order valence-corrected chi connectivity index (χ4v) is 4.42. The summed E-state index contributed by atoms with van der Waals surface area (Å²) < 4.78 is 14.2. The third-order valence-electron chi connectivity index (χ3n) is 5.60. The summed E-state index contributed by atoms with van der Waals surface area (Å²) in [5, 5.41) is 0.478. The molecule has 2 aromatic carbocycles. The summed E-state index contributed by atoms with van der Waals surface area (Å²) in [6, 6.07) is 15.2. The van der Waals surface area contributed by atoms with Gasteiger partial charge >= 0.3 is 0 Å². The number of halogens is 1. The number of Topliss-reactive ketones (excluding diaryl/α,β-unsaturated/α-hetero) is 1. The summed E-state index contributed by atoms with van der Waals surface area (Å²) in [6.45, 7) is 0.501. The van der Waals surface area contributed by atoms with E-state index in [1.54, 1.807) is 18.3 Å². The lowest BCUT2D eigenvalue weighted by atomic mass is 10.0. The molecule has 164 valence electrons. The van der Waals surface area contributed by atoms with E-state index in [9.17, 15) is 9.59 Å². The molecule has 6 heteroatoms. The van der Waals surface area contributed by atoms with E-state index >= 15 is 0 Å². The molecule has 5 nitrogen and oxygen atoms in total. The Bertz CT molecular complexity index is 1440. The van der Waals surface area contributed by atoms with Crippen molar-refractivity contribution >= 4 is 32.6 Å². The number of allylic oxidation sites excluding steroid dienone is 5. The van der Waals surface area contributed by atoms with Crippen LogP contribution in [0.15, 0.2) is 112 Å². The highest BCUT2D eigenvalue weighted by Crippen LogP contribution is 2.27. The highest BCUT2D eigenvalue weighted by Gasteiger charge is 2.25. The number of hydrogen-bond acceptors (Lipinski definition) is 4. The molecule has 0 spiro atoms. The van der Waals surface area contributed by atoms with Gasteiger partial charge in [0.1, 0.15) is 12.5 Å². The number of ether oxygens (including phenoxy) is 2. The van der Waals surface area contributed by atoms with Gasteiger partial charge in [0.25, 0.3) is 0 Å². The molecule has 1 aliphatic heterocycles. The van der Waals surface area contributed by atoms with Crippen molar-refractivity contribution in [2.45, 2.75) is 19.4 Å². The number of carbonyl (C=O) groups excluding carboxylic acids is 1. The normalized spacial score (nSPS) is 15.2. The first kappa shape index (κ1) is 21.2. The number of hydrogen-bond donors (Lipinski definition) is 0. The Labute approximate surface area is 199 Å². The molecule has 5 rings (SSSR count). The predicted octanol–water partition coefficient (Wildman–Crippen LogP) is 6.00. The van der Waals surface area contributed by atoms with Crippen LogP contribution >= 0.6 is 15.9 Å². The monoisotopic (exact) mass is 501 g/mol. The Morgan fingerprint density at radius 2 is 1.97 bits per heavy atom. The second-order valence-electron chi connectivity index (χ2n) is 7.84. The van der Waals surface area contributed by atoms with Gasteiger partial charge < -0.3 is 14.0 Å². The first-order valence-electron chi connectivity index (χ1n) is 10.6. The molecule has 33 heavy (non-hydrogen) atoms. The topological polar surface area (TPSA) is 57.5 Å². The van der Waals surface area contributed by atoms with Crippen LogP contribution in [0.1, 0.15) is 28.8 Å². The van der Waals surface area contributed by atoms with Crippen LogP contribution < -0.4 is 5.43 Å². The smallest absolute Gasteiger partial charge is 0.236 e. The Balaban J connectivity index is 1.52. The summed E-state index contributed by atoms with van der Waals surface area (Å²) >= 11 is 3.50. The van der Waals surface area contributed by atoms with Gasteiger partial charge in [-0.1, -0.05) is 58.4 Å². The largest absolute Gasteiger partial charge is 0.465 e. The van der Waals surface area contributed by atoms with Crippen LogP contribution in [-0.2, 0) is 16.0 Å². The van der Waals surface area contributed by atoms with Crippen LogP contribution in [0.3, 0.4) is 0 Å². The highest BCUT2D eigenvalue weighted by atomic mass is 79.9. The Morgan fingerprint density at radius 3 is 2.79 bits per heavy atom. The van der Waals surface area contributed by atoms with Crippen LogP contribution in [0.5, 0.6) is 0 Å². The zero-order valence-electron chi connectivity index (χ0n) is 17.7. The van der Waals surface area contributed by atoms with Crippen LogP contribution in [-0.4, -0.2) is 10.4 Å². The highest BCUT2D eigenvalue weighted by molar-refractivity contribution is 9.10. The number of aromatic nitrogens is 1. The second-order valence-corrected chi connectivity index (χ2v) is 8.75.